The molecule has 1 aliphatic rings. The maximum Gasteiger partial charge on any atom is 0.274 e. The number of hydrogen-bond acceptors (Lipinski definition) is 3. The number of rotatable bonds is 5. The highest BCUT2D eigenvalue weighted by molar-refractivity contribution is 5.95. The van der Waals surface area contributed by atoms with Gasteiger partial charge in [-0.2, -0.15) is 5.10 Å². The molecule has 2 heterocycles. The molecule has 6 heteroatoms. The molecule has 1 aliphatic heterocycles. The van der Waals surface area contributed by atoms with Gasteiger partial charge >= 0.3 is 0 Å². The van der Waals surface area contributed by atoms with E-state index in [1.54, 1.807) is 17.8 Å². The molecule has 0 spiro atoms. The number of benzene rings is 1. The van der Waals surface area contributed by atoms with E-state index in [2.05, 4.69) is 17.3 Å². The Hall–Kier alpha value is -2.63. The van der Waals surface area contributed by atoms with E-state index in [1.807, 2.05) is 35.2 Å². The average molecular weight is 354 g/mol. The molecule has 0 aliphatic carbocycles. The predicted octanol–water partition coefficient (Wildman–Crippen LogP) is 2.86. The molecule has 6 nitrogen and oxygen atoms in total. The van der Waals surface area contributed by atoms with Crippen LogP contribution in [0.3, 0.4) is 0 Å². The number of piperidine rings is 1. The molecule has 0 unspecified atom stereocenters. The third-order valence-corrected chi connectivity index (χ3v) is 4.92. The van der Waals surface area contributed by atoms with Crippen molar-refractivity contribution in [1.82, 2.24) is 14.7 Å². The highest BCUT2D eigenvalue weighted by Gasteiger charge is 2.24. The van der Waals surface area contributed by atoms with Crippen LogP contribution in [0.4, 0.5) is 5.82 Å². The number of nitrogens with zero attached hydrogens (tertiary/aromatic N) is 3. The fourth-order valence-corrected chi connectivity index (χ4v) is 3.17. The normalized spacial score (nSPS) is 15.1. The number of aromatic nitrogens is 2. The predicted molar refractivity (Wildman–Crippen MR) is 101 cm³/mol. The molecular weight excluding hydrogens is 328 g/mol. The van der Waals surface area contributed by atoms with Gasteiger partial charge in [0.15, 0.2) is 5.69 Å². The summed E-state index contributed by atoms with van der Waals surface area (Å²) in [6.45, 7) is 3.76. The SMILES string of the molecule is CC1CCN(C(=O)c2cc(NC(=O)CCc3ccccc3)n(C)n2)CC1. The van der Waals surface area contributed by atoms with Crippen molar-refractivity contribution in [2.45, 2.75) is 32.6 Å². The number of likely N-dealkylation sites (tertiary alicyclic amines) is 1. The van der Waals surface area contributed by atoms with Crippen LogP contribution < -0.4 is 5.32 Å². The van der Waals surface area contributed by atoms with Crippen LogP contribution in [0.5, 0.6) is 0 Å². The summed E-state index contributed by atoms with van der Waals surface area (Å²) in [5, 5.41) is 7.14. The van der Waals surface area contributed by atoms with Gasteiger partial charge in [-0.25, -0.2) is 0 Å². The Morgan fingerprint density at radius 3 is 2.58 bits per heavy atom. The van der Waals surface area contributed by atoms with Crippen LogP contribution in [-0.4, -0.2) is 39.6 Å². The molecule has 1 aromatic heterocycles. The van der Waals surface area contributed by atoms with E-state index in [0.717, 1.165) is 31.5 Å². The number of aryl methyl sites for hydroxylation is 2. The number of amides is 2. The van der Waals surface area contributed by atoms with Crippen LogP contribution in [0.1, 0.15) is 42.2 Å². The van der Waals surface area contributed by atoms with Gasteiger partial charge in [0, 0.05) is 32.6 Å². The van der Waals surface area contributed by atoms with Crippen LogP contribution in [0.15, 0.2) is 36.4 Å². The lowest BCUT2D eigenvalue weighted by Gasteiger charge is -2.29. The molecule has 0 atom stereocenters. The van der Waals surface area contributed by atoms with E-state index >= 15 is 0 Å². The Bertz CT molecular complexity index is 761. The standard InChI is InChI=1S/C20H26N4O2/c1-15-10-12-24(13-11-15)20(26)17-14-18(23(2)22-17)21-19(25)9-8-16-6-4-3-5-7-16/h3-7,14-15H,8-13H2,1-2H3,(H,21,25). The second-order valence-corrected chi connectivity index (χ2v) is 7.05. The lowest BCUT2D eigenvalue weighted by atomic mass is 9.99. The first-order valence-corrected chi connectivity index (χ1v) is 9.20. The van der Waals surface area contributed by atoms with Crippen molar-refractivity contribution < 1.29 is 9.59 Å². The Balaban J connectivity index is 1.57. The van der Waals surface area contributed by atoms with Gasteiger partial charge in [-0.15, -0.1) is 0 Å². The largest absolute Gasteiger partial charge is 0.337 e. The van der Waals surface area contributed by atoms with E-state index in [0.29, 0.717) is 30.3 Å². The summed E-state index contributed by atoms with van der Waals surface area (Å²) in [7, 11) is 1.74. The first-order chi connectivity index (χ1) is 12.5. The van der Waals surface area contributed by atoms with Gasteiger partial charge < -0.3 is 10.2 Å². The van der Waals surface area contributed by atoms with Gasteiger partial charge in [0.05, 0.1) is 0 Å². The van der Waals surface area contributed by atoms with E-state index in [9.17, 15) is 9.59 Å². The number of hydrogen-bond donors (Lipinski definition) is 1. The Morgan fingerprint density at radius 2 is 1.88 bits per heavy atom. The zero-order valence-electron chi connectivity index (χ0n) is 15.4. The highest BCUT2D eigenvalue weighted by atomic mass is 16.2. The van der Waals surface area contributed by atoms with Crippen LogP contribution >= 0.6 is 0 Å². The lowest BCUT2D eigenvalue weighted by Crippen LogP contribution is -2.38. The number of anilines is 1. The summed E-state index contributed by atoms with van der Waals surface area (Å²) in [6, 6.07) is 11.6. The molecule has 0 saturated carbocycles. The summed E-state index contributed by atoms with van der Waals surface area (Å²) in [5.41, 5.74) is 1.52. The average Bonchev–Trinajstić information content (AvgIpc) is 3.01. The fourth-order valence-electron chi connectivity index (χ4n) is 3.17. The van der Waals surface area contributed by atoms with Crippen molar-refractivity contribution >= 4 is 17.6 Å². The lowest BCUT2D eigenvalue weighted by molar-refractivity contribution is -0.116. The molecule has 1 saturated heterocycles. The van der Waals surface area contributed by atoms with Crippen molar-refractivity contribution in [3.05, 3.63) is 47.7 Å². The van der Waals surface area contributed by atoms with Crippen LogP contribution in [-0.2, 0) is 18.3 Å². The maximum atomic E-state index is 12.6. The minimum Gasteiger partial charge on any atom is -0.337 e. The number of carbonyl (C=O) groups is 2. The Morgan fingerprint density at radius 1 is 1.19 bits per heavy atom. The minimum absolute atomic E-state index is 0.0581. The minimum atomic E-state index is -0.0809. The molecule has 2 amide bonds. The molecular formula is C20H26N4O2. The van der Waals surface area contributed by atoms with Crippen LogP contribution in [0.25, 0.3) is 0 Å². The highest BCUT2D eigenvalue weighted by Crippen LogP contribution is 2.19. The molecule has 1 aromatic carbocycles. The second kappa shape index (κ2) is 8.17. The summed E-state index contributed by atoms with van der Waals surface area (Å²) >= 11 is 0. The number of nitrogens with one attached hydrogen (secondary N) is 1. The van der Waals surface area contributed by atoms with Gasteiger partial charge in [0.25, 0.3) is 5.91 Å². The molecule has 0 radical (unpaired) electrons. The zero-order chi connectivity index (χ0) is 18.5. The summed E-state index contributed by atoms with van der Waals surface area (Å²) in [4.78, 5) is 26.7. The smallest absolute Gasteiger partial charge is 0.274 e. The van der Waals surface area contributed by atoms with Crippen molar-refractivity contribution in [2.75, 3.05) is 18.4 Å². The molecule has 26 heavy (non-hydrogen) atoms. The van der Waals surface area contributed by atoms with E-state index in [4.69, 9.17) is 0 Å². The van der Waals surface area contributed by atoms with E-state index < -0.39 is 0 Å². The van der Waals surface area contributed by atoms with Crippen molar-refractivity contribution in [3.8, 4) is 0 Å². The first-order valence-electron chi connectivity index (χ1n) is 9.20. The van der Waals surface area contributed by atoms with Crippen LogP contribution in [0, 0.1) is 5.92 Å². The van der Waals surface area contributed by atoms with Gasteiger partial charge in [-0.1, -0.05) is 37.3 Å². The quantitative estimate of drug-likeness (QED) is 0.898. The Kier molecular flexibility index (Phi) is 5.71. The molecule has 3 rings (SSSR count). The molecule has 1 N–H and O–H groups in total. The molecule has 1 fully saturated rings. The van der Waals surface area contributed by atoms with Crippen molar-refractivity contribution in [2.24, 2.45) is 13.0 Å². The van der Waals surface area contributed by atoms with Crippen molar-refractivity contribution in [3.63, 3.8) is 0 Å². The van der Waals surface area contributed by atoms with E-state index in [-0.39, 0.29) is 11.8 Å². The molecule has 2 aromatic rings. The third-order valence-electron chi connectivity index (χ3n) is 4.92. The summed E-state index contributed by atoms with van der Waals surface area (Å²) < 4.78 is 1.56. The van der Waals surface area contributed by atoms with E-state index in [1.165, 1.54) is 0 Å². The van der Waals surface area contributed by atoms with Gasteiger partial charge in [0.2, 0.25) is 5.91 Å². The molecule has 0 bridgehead atoms. The second-order valence-electron chi connectivity index (χ2n) is 7.05. The van der Waals surface area contributed by atoms with Gasteiger partial charge in [-0.3, -0.25) is 14.3 Å². The third kappa shape index (κ3) is 4.50. The Labute approximate surface area is 154 Å². The number of carbonyl (C=O) groups excluding carboxylic acids is 2. The monoisotopic (exact) mass is 354 g/mol. The fraction of sp³-hybridized carbons (Fsp3) is 0.450. The van der Waals surface area contributed by atoms with Gasteiger partial charge in [-0.05, 0) is 30.7 Å². The van der Waals surface area contributed by atoms with Gasteiger partial charge in [0.1, 0.15) is 5.82 Å². The van der Waals surface area contributed by atoms with Crippen LogP contribution in [0.2, 0.25) is 0 Å². The first kappa shape index (κ1) is 18.2. The summed E-state index contributed by atoms with van der Waals surface area (Å²) in [5.74, 6) is 1.08. The zero-order valence-corrected chi connectivity index (χ0v) is 15.4. The topological polar surface area (TPSA) is 67.2 Å². The maximum absolute atomic E-state index is 12.6. The van der Waals surface area contributed by atoms with Crippen molar-refractivity contribution in [1.29, 1.82) is 0 Å². The molecule has 138 valence electrons. The summed E-state index contributed by atoms with van der Waals surface area (Å²) in [6.07, 6.45) is 3.13.